The van der Waals surface area contributed by atoms with E-state index >= 15 is 0 Å². The number of unbranched alkanes of at least 4 members (excludes halogenated alkanes) is 1. The first-order valence-electron chi connectivity index (χ1n) is 6.98. The molecule has 8 heteroatoms. The van der Waals surface area contributed by atoms with Crippen LogP contribution in [0.1, 0.15) is 25.7 Å². The zero-order valence-corrected chi connectivity index (χ0v) is 11.8. The molecule has 20 heavy (non-hydrogen) atoms. The first-order valence-corrected chi connectivity index (χ1v) is 6.98. The molecule has 0 spiro atoms. The summed E-state index contributed by atoms with van der Waals surface area (Å²) in [5.41, 5.74) is 0. The van der Waals surface area contributed by atoms with Crippen molar-refractivity contribution in [1.82, 2.24) is 21.3 Å². The molecule has 0 aliphatic heterocycles. The van der Waals surface area contributed by atoms with Crippen LogP contribution in [0.4, 0.5) is 9.59 Å². The zero-order chi connectivity index (χ0) is 15.1. The van der Waals surface area contributed by atoms with Gasteiger partial charge in [0.05, 0.1) is 0 Å². The lowest BCUT2D eigenvalue weighted by atomic mass is 10.3. The van der Waals surface area contributed by atoms with Gasteiger partial charge in [-0.15, -0.1) is 0 Å². The molecule has 0 saturated carbocycles. The van der Waals surface area contributed by atoms with Crippen molar-refractivity contribution in [3.8, 4) is 0 Å². The highest BCUT2D eigenvalue weighted by molar-refractivity contribution is 5.64. The van der Waals surface area contributed by atoms with Crippen LogP contribution in [-0.2, 0) is 0 Å². The lowest BCUT2D eigenvalue weighted by Crippen LogP contribution is -2.27. The van der Waals surface area contributed by atoms with Crippen molar-refractivity contribution in [3.05, 3.63) is 0 Å². The minimum absolute atomic E-state index is 0.480. The Labute approximate surface area is 119 Å². The molecule has 0 heterocycles. The fourth-order valence-corrected chi connectivity index (χ4v) is 1.57. The van der Waals surface area contributed by atoms with E-state index in [1.54, 1.807) is 0 Å². The number of nitrogens with one attached hydrogen (secondary N) is 4. The summed E-state index contributed by atoms with van der Waals surface area (Å²) in [6, 6.07) is 0. The Morgan fingerprint density at radius 1 is 0.600 bits per heavy atom. The van der Waals surface area contributed by atoms with E-state index in [0.29, 0.717) is 13.1 Å². The highest BCUT2D eigenvalue weighted by Crippen LogP contribution is 1.85. The molecular weight excluding hydrogens is 264 g/mol. The van der Waals surface area contributed by atoms with Gasteiger partial charge < -0.3 is 31.5 Å². The maximum atomic E-state index is 10.2. The van der Waals surface area contributed by atoms with Crippen LogP contribution in [0.2, 0.25) is 0 Å². The number of hydrogen-bond donors (Lipinski definition) is 6. The summed E-state index contributed by atoms with van der Waals surface area (Å²) in [6.45, 7) is 4.44. The zero-order valence-electron chi connectivity index (χ0n) is 11.8. The lowest BCUT2D eigenvalue weighted by Gasteiger charge is -2.06. The minimum Gasteiger partial charge on any atom is -0.465 e. The first kappa shape index (κ1) is 18.5. The average Bonchev–Trinajstić information content (AvgIpc) is 2.38. The number of carbonyl (C=O) groups is 2. The van der Waals surface area contributed by atoms with Gasteiger partial charge in [0.2, 0.25) is 0 Å². The second-order valence-corrected chi connectivity index (χ2v) is 4.38. The quantitative estimate of drug-likeness (QED) is 0.271. The Hall–Kier alpha value is -1.54. The van der Waals surface area contributed by atoms with Gasteiger partial charge in [0.15, 0.2) is 0 Å². The third kappa shape index (κ3) is 16.5. The van der Waals surface area contributed by atoms with Crippen molar-refractivity contribution >= 4 is 12.2 Å². The predicted molar refractivity (Wildman–Crippen MR) is 76.3 cm³/mol. The van der Waals surface area contributed by atoms with Crippen LogP contribution in [0.5, 0.6) is 0 Å². The topological polar surface area (TPSA) is 123 Å². The predicted octanol–water partition coefficient (Wildman–Crippen LogP) is 0.261. The van der Waals surface area contributed by atoms with Gasteiger partial charge in [0.1, 0.15) is 0 Å². The maximum Gasteiger partial charge on any atom is 0.404 e. The molecule has 0 radical (unpaired) electrons. The molecule has 0 unspecified atom stereocenters. The SMILES string of the molecule is O=C(O)NCCCNCCCCNCCCNC(=O)O. The third-order valence-corrected chi connectivity index (χ3v) is 2.57. The molecule has 118 valence electrons. The van der Waals surface area contributed by atoms with Crippen LogP contribution in [0.3, 0.4) is 0 Å². The van der Waals surface area contributed by atoms with E-state index in [2.05, 4.69) is 21.3 Å². The summed E-state index contributed by atoms with van der Waals surface area (Å²) in [5.74, 6) is 0. The third-order valence-electron chi connectivity index (χ3n) is 2.57. The second-order valence-electron chi connectivity index (χ2n) is 4.38. The molecule has 0 atom stereocenters. The van der Waals surface area contributed by atoms with Crippen LogP contribution in [0.25, 0.3) is 0 Å². The van der Waals surface area contributed by atoms with Crippen molar-refractivity contribution in [3.63, 3.8) is 0 Å². The van der Waals surface area contributed by atoms with E-state index in [0.717, 1.165) is 51.9 Å². The van der Waals surface area contributed by atoms with E-state index in [4.69, 9.17) is 10.2 Å². The maximum absolute atomic E-state index is 10.2. The van der Waals surface area contributed by atoms with Crippen molar-refractivity contribution in [2.24, 2.45) is 0 Å². The van der Waals surface area contributed by atoms with Crippen molar-refractivity contribution in [2.45, 2.75) is 25.7 Å². The van der Waals surface area contributed by atoms with Gasteiger partial charge in [0.25, 0.3) is 0 Å². The van der Waals surface area contributed by atoms with E-state index in [-0.39, 0.29) is 0 Å². The Balaban J connectivity index is 2.99. The smallest absolute Gasteiger partial charge is 0.404 e. The molecule has 6 N–H and O–H groups in total. The molecule has 0 aromatic heterocycles. The monoisotopic (exact) mass is 290 g/mol. The van der Waals surface area contributed by atoms with Crippen molar-refractivity contribution in [2.75, 3.05) is 39.3 Å². The van der Waals surface area contributed by atoms with E-state index in [1.165, 1.54) is 0 Å². The van der Waals surface area contributed by atoms with Crippen LogP contribution < -0.4 is 21.3 Å². The Kier molecular flexibility index (Phi) is 12.8. The summed E-state index contributed by atoms with van der Waals surface area (Å²) in [6.07, 6.45) is 1.76. The molecule has 0 aliphatic carbocycles. The summed E-state index contributed by atoms with van der Waals surface area (Å²) >= 11 is 0. The van der Waals surface area contributed by atoms with E-state index in [1.807, 2.05) is 0 Å². The Morgan fingerprint density at radius 2 is 0.950 bits per heavy atom. The standard InChI is InChI=1S/C12H26N4O4/c17-11(18)15-9-3-7-13-5-1-2-6-14-8-4-10-16-12(19)20/h13-16H,1-10H2,(H,17,18)(H,19,20). The molecule has 0 aliphatic rings. The van der Waals surface area contributed by atoms with Crippen molar-refractivity contribution < 1.29 is 19.8 Å². The molecule has 0 fully saturated rings. The fourth-order valence-electron chi connectivity index (χ4n) is 1.57. The Morgan fingerprint density at radius 3 is 1.30 bits per heavy atom. The highest BCUT2D eigenvalue weighted by atomic mass is 16.4. The first-order chi connectivity index (χ1) is 9.63. The molecule has 0 aromatic rings. The van der Waals surface area contributed by atoms with Crippen LogP contribution in [0, 0.1) is 0 Å². The Bertz CT molecular complexity index is 238. The van der Waals surface area contributed by atoms with Gasteiger partial charge >= 0.3 is 12.2 Å². The molecular formula is C12H26N4O4. The van der Waals surface area contributed by atoms with Gasteiger partial charge in [0, 0.05) is 13.1 Å². The largest absolute Gasteiger partial charge is 0.465 e. The minimum atomic E-state index is -0.977. The summed E-state index contributed by atoms with van der Waals surface area (Å²) in [7, 11) is 0. The summed E-state index contributed by atoms with van der Waals surface area (Å²) in [5, 5.41) is 27.8. The van der Waals surface area contributed by atoms with Gasteiger partial charge in [-0.25, -0.2) is 9.59 Å². The molecule has 0 aromatic carbocycles. The van der Waals surface area contributed by atoms with E-state index < -0.39 is 12.2 Å². The lowest BCUT2D eigenvalue weighted by molar-refractivity contribution is 0.193. The molecule has 0 bridgehead atoms. The number of hydrogen-bond acceptors (Lipinski definition) is 4. The second kappa shape index (κ2) is 13.9. The van der Waals surface area contributed by atoms with Crippen LogP contribution >= 0.6 is 0 Å². The average molecular weight is 290 g/mol. The van der Waals surface area contributed by atoms with Crippen LogP contribution in [-0.4, -0.2) is 61.7 Å². The fraction of sp³-hybridized carbons (Fsp3) is 0.833. The summed E-state index contributed by atoms with van der Waals surface area (Å²) < 4.78 is 0. The molecule has 0 rings (SSSR count). The molecule has 0 saturated heterocycles. The molecule has 8 nitrogen and oxygen atoms in total. The normalized spacial score (nSPS) is 10.2. The molecule has 2 amide bonds. The van der Waals surface area contributed by atoms with Crippen molar-refractivity contribution in [1.29, 1.82) is 0 Å². The number of rotatable bonds is 13. The number of carboxylic acid groups (broad SMARTS) is 2. The van der Waals surface area contributed by atoms with Gasteiger partial charge in [-0.3, -0.25) is 0 Å². The number of amides is 2. The van der Waals surface area contributed by atoms with Crippen LogP contribution in [0.15, 0.2) is 0 Å². The van der Waals surface area contributed by atoms with Gasteiger partial charge in [-0.2, -0.15) is 0 Å². The highest BCUT2D eigenvalue weighted by Gasteiger charge is 1.94. The summed E-state index contributed by atoms with van der Waals surface area (Å²) in [4.78, 5) is 20.3. The van der Waals surface area contributed by atoms with E-state index in [9.17, 15) is 9.59 Å². The van der Waals surface area contributed by atoms with Gasteiger partial charge in [-0.05, 0) is 51.9 Å². The van der Waals surface area contributed by atoms with Gasteiger partial charge in [-0.1, -0.05) is 0 Å².